The van der Waals surface area contributed by atoms with Gasteiger partial charge in [0.1, 0.15) is 146 Å². The highest BCUT2D eigenvalue weighted by Gasteiger charge is 2.55. The first-order valence-electron chi connectivity index (χ1n) is 38.8. The molecule has 6 saturated heterocycles. The number of nitrogens with zero attached hydrogens (tertiary/aromatic N) is 1. The summed E-state index contributed by atoms with van der Waals surface area (Å²) in [4.78, 5) is 79.1. The van der Waals surface area contributed by atoms with E-state index in [0.29, 0.717) is 70.8 Å². The summed E-state index contributed by atoms with van der Waals surface area (Å²) in [6.07, 6.45) is -44.7. The predicted octanol–water partition coefficient (Wildman–Crippen LogP) is -13.2. The van der Waals surface area contributed by atoms with Crippen molar-refractivity contribution in [3.63, 3.8) is 0 Å². The minimum absolute atomic E-state index is 0.0277. The molecule has 6 aliphatic heterocycles. The van der Waals surface area contributed by atoms with Crippen molar-refractivity contribution in [2.75, 3.05) is 112 Å². The molecule has 0 radical (unpaired) electrons. The van der Waals surface area contributed by atoms with Crippen molar-refractivity contribution in [2.45, 2.75) is 287 Å². The summed E-state index contributed by atoms with van der Waals surface area (Å²) < 4.78 is 67.1. The van der Waals surface area contributed by atoms with Crippen molar-refractivity contribution in [3.05, 3.63) is 0 Å². The first-order valence-corrected chi connectivity index (χ1v) is 38.8. The lowest BCUT2D eigenvalue weighted by Gasteiger charge is -2.46. The zero-order valence-corrected chi connectivity index (χ0v) is 63.7. The van der Waals surface area contributed by atoms with E-state index in [1.807, 2.05) is 0 Å². The molecule has 30 atom stereocenters. The molecule has 45 heteroatoms. The number of unbranched alkanes of at least 4 members (excludes halogenated alkanes) is 8. The van der Waals surface area contributed by atoms with E-state index in [4.69, 9.17) is 56.8 Å². The maximum atomic E-state index is 13.3. The highest BCUT2D eigenvalue weighted by molar-refractivity contribution is 5.84. The van der Waals surface area contributed by atoms with Crippen LogP contribution >= 0.6 is 0 Å². The molecule has 6 aliphatic rings. The molecular weight excluding hydrogens is 1530 g/mol. The van der Waals surface area contributed by atoms with Crippen LogP contribution in [-0.4, -0.2) is 438 Å². The normalized spacial score (nSPS) is 35.9. The van der Waals surface area contributed by atoms with Crippen molar-refractivity contribution in [2.24, 2.45) is 0 Å². The Bertz CT molecular complexity index is 2630. The Kier molecular flexibility index (Phi) is 44.2. The third-order valence-corrected chi connectivity index (χ3v) is 19.9. The number of hydrogen-bond acceptors (Lipinski definition) is 39. The van der Waals surface area contributed by atoms with E-state index in [9.17, 15) is 131 Å². The molecule has 6 amide bonds. The summed E-state index contributed by atoms with van der Waals surface area (Å²) >= 11 is 0. The monoisotopic (exact) mass is 1660 g/mol. The lowest BCUT2D eigenvalue weighted by molar-refractivity contribution is -0.366. The highest BCUT2D eigenvalue weighted by atomic mass is 16.8. The lowest BCUT2D eigenvalue weighted by atomic mass is 9.96. The van der Waals surface area contributed by atoms with Gasteiger partial charge in [-0.1, -0.05) is 39.0 Å². The molecule has 45 nitrogen and oxygen atoms in total. The van der Waals surface area contributed by atoms with Crippen LogP contribution < -0.4 is 31.9 Å². The fourth-order valence-electron chi connectivity index (χ4n) is 13.1. The molecule has 114 heavy (non-hydrogen) atoms. The van der Waals surface area contributed by atoms with Crippen LogP contribution in [0.5, 0.6) is 0 Å². The van der Waals surface area contributed by atoms with Crippen LogP contribution in [0.4, 0.5) is 0 Å². The number of nitrogens with one attached hydrogen (secondary N) is 6. The third kappa shape index (κ3) is 30.3. The highest BCUT2D eigenvalue weighted by Crippen LogP contribution is 2.34. The fourth-order valence-corrected chi connectivity index (χ4v) is 13.1. The second-order valence-corrected chi connectivity index (χ2v) is 28.8. The Labute approximate surface area is 657 Å². The number of carbonyl (C=O) groups excluding carboxylic acids is 6. The lowest BCUT2D eigenvalue weighted by Crippen LogP contribution is -2.65. The van der Waals surface area contributed by atoms with Crippen LogP contribution in [0.3, 0.4) is 0 Å². The van der Waals surface area contributed by atoms with Crippen molar-refractivity contribution < 1.29 is 188 Å². The molecule has 6 heterocycles. The number of aliphatic hydroxyl groups is 20. The molecular formula is C69H123N7O38. The standard InChI is InChI=1S/C69H123N7O38/c1-2-3-10-17-70-40(81)14-7-4-11-18-71-43(84)25-76(26-44(85)72-19-12-5-8-15-41(82)74-21-23-103-66-60(101)62(113-68-58(99)54(95)48(89)36(30-79)109-68)50(91)38(111-66)32-105-64-56(97)52(93)46(87)34(28-77)107-64)27-45(86)73-20-13-6-9-16-42(83)75-22-24-104-67-61(102)63(114-69-59(100)55(96)49(90)37(31-80)110-69)51(92)39(112-67)33-106-65-57(98)53(94)47(88)35(29-78)108-65/h34-39,46-69,77-80,87-102H,2-33H2,1H3,(H,70,81)(H,71,84)(H,72,85)(H,73,86)(H,74,82)(H,75,83)/t34-,35-,36-,37-,38-,39-,46-,47-,48-,49-,50-,51-,52+,53+,54+,55+,56+,57+,58+,59+,60+,61+,62+,63+,64+,65+,66+,67+,68-,69-/m1/s1. The minimum atomic E-state index is -1.97. The quantitative estimate of drug-likeness (QED) is 0.0252. The largest absolute Gasteiger partial charge is 0.394 e. The molecule has 6 fully saturated rings. The smallest absolute Gasteiger partial charge is 0.234 e. The number of hydrogen-bond donors (Lipinski definition) is 26. The van der Waals surface area contributed by atoms with E-state index in [2.05, 4.69) is 38.8 Å². The average Bonchev–Trinajstić information content (AvgIpc) is 0.788. The van der Waals surface area contributed by atoms with E-state index in [0.717, 1.165) is 19.3 Å². The van der Waals surface area contributed by atoms with Crippen LogP contribution in [0.25, 0.3) is 0 Å². The van der Waals surface area contributed by atoms with Crippen molar-refractivity contribution >= 4 is 35.4 Å². The van der Waals surface area contributed by atoms with E-state index in [1.54, 1.807) is 0 Å². The Morgan fingerprint density at radius 2 is 0.544 bits per heavy atom. The van der Waals surface area contributed by atoms with Gasteiger partial charge in [0.2, 0.25) is 35.4 Å². The van der Waals surface area contributed by atoms with Gasteiger partial charge in [-0.15, -0.1) is 0 Å². The predicted molar refractivity (Wildman–Crippen MR) is 379 cm³/mol. The number of rotatable bonds is 50. The maximum Gasteiger partial charge on any atom is 0.234 e. The van der Waals surface area contributed by atoms with Crippen molar-refractivity contribution in [3.8, 4) is 0 Å². The molecule has 0 aromatic rings. The summed E-state index contributed by atoms with van der Waals surface area (Å²) in [5.41, 5.74) is 0. The molecule has 6 rings (SSSR count). The average molecular weight is 1660 g/mol. The van der Waals surface area contributed by atoms with E-state index >= 15 is 0 Å². The zero-order valence-electron chi connectivity index (χ0n) is 63.7. The summed E-state index contributed by atoms with van der Waals surface area (Å²) in [5.74, 6) is -2.35. The Morgan fingerprint density at radius 1 is 0.281 bits per heavy atom. The first kappa shape index (κ1) is 98.3. The summed E-state index contributed by atoms with van der Waals surface area (Å²) in [7, 11) is 0. The van der Waals surface area contributed by atoms with Gasteiger partial charge in [0, 0.05) is 58.5 Å². The van der Waals surface area contributed by atoms with Crippen LogP contribution in [-0.2, 0) is 85.6 Å². The van der Waals surface area contributed by atoms with E-state index in [1.165, 1.54) is 4.90 Å². The van der Waals surface area contributed by atoms with Crippen LogP contribution in [0, 0.1) is 0 Å². The number of ether oxygens (including phenoxy) is 12. The first-order chi connectivity index (χ1) is 54.5. The van der Waals surface area contributed by atoms with Gasteiger partial charge in [0.25, 0.3) is 0 Å². The molecule has 0 unspecified atom stereocenters. The Balaban J connectivity index is 0.914. The topological polar surface area (TPSA) is 693 Å². The Hall–Kier alpha value is -4.50. The summed E-state index contributed by atoms with van der Waals surface area (Å²) in [5, 5.41) is 225. The maximum absolute atomic E-state index is 13.3. The number of aliphatic hydroxyl groups excluding tert-OH is 20. The van der Waals surface area contributed by atoms with Gasteiger partial charge >= 0.3 is 0 Å². The van der Waals surface area contributed by atoms with Gasteiger partial charge in [-0.2, -0.15) is 0 Å². The fraction of sp³-hybridized carbons (Fsp3) is 0.913. The van der Waals surface area contributed by atoms with Crippen molar-refractivity contribution in [1.29, 1.82) is 0 Å². The van der Waals surface area contributed by atoms with Crippen LogP contribution in [0.1, 0.15) is 103 Å². The second kappa shape index (κ2) is 51.2. The number of carbonyl (C=O) groups is 6. The minimum Gasteiger partial charge on any atom is -0.394 e. The molecule has 0 aliphatic carbocycles. The van der Waals surface area contributed by atoms with Gasteiger partial charge in [-0.25, -0.2) is 0 Å². The third-order valence-electron chi connectivity index (χ3n) is 19.9. The molecule has 0 aromatic carbocycles. The Morgan fingerprint density at radius 3 is 0.851 bits per heavy atom. The van der Waals surface area contributed by atoms with E-state index in [-0.39, 0.29) is 84.3 Å². The number of amides is 6. The molecule has 0 bridgehead atoms. The van der Waals surface area contributed by atoms with Crippen LogP contribution in [0.2, 0.25) is 0 Å². The zero-order chi connectivity index (χ0) is 83.7. The molecule has 26 N–H and O–H groups in total. The van der Waals surface area contributed by atoms with Gasteiger partial charge < -0.3 is 191 Å². The van der Waals surface area contributed by atoms with Gasteiger partial charge in [-0.05, 0) is 44.9 Å². The van der Waals surface area contributed by atoms with Crippen molar-refractivity contribution in [1.82, 2.24) is 36.8 Å². The molecule has 0 aromatic heterocycles. The van der Waals surface area contributed by atoms with E-state index < -0.39 is 253 Å². The van der Waals surface area contributed by atoms with Gasteiger partial charge in [0.05, 0.1) is 72.5 Å². The van der Waals surface area contributed by atoms with Gasteiger partial charge in [-0.3, -0.25) is 33.7 Å². The molecule has 0 spiro atoms. The summed E-state index contributed by atoms with van der Waals surface area (Å²) in [6.45, 7) is -3.34. The SMILES string of the molecule is CCCCCNC(=O)CCCCCNC(=O)CN(CC(=O)NCCCCCC(=O)NCCO[C@H]1O[C@H](CO[C@H]2O[C@H](CO)[C@@H](O)[C@H](O)[C@@H]2O)[C@@H](O)[C@H](O[C@H]2O[C@H](CO)[C@@H](O)[C@H](O)[C@@H]2O)[C@@H]1O)CC(=O)NCCCCCC(=O)NCCO[C@H]1O[C@H](CO[C@H]2O[C@H](CO)[C@@H](O)[C@H](O)[C@@H]2O)[C@@H](O)[C@H](O[C@H]2O[C@H](CO)[C@@H](O)[C@H](O)[C@@H]2O)[C@@H]1O. The summed E-state index contributed by atoms with van der Waals surface area (Å²) in [6, 6.07) is 0. The molecule has 0 saturated carbocycles. The van der Waals surface area contributed by atoms with Crippen LogP contribution in [0.15, 0.2) is 0 Å². The second-order valence-electron chi connectivity index (χ2n) is 28.8. The van der Waals surface area contributed by atoms with Gasteiger partial charge in [0.15, 0.2) is 37.7 Å². The molecule has 662 valence electrons.